The molecule has 0 amide bonds. The van der Waals surface area contributed by atoms with Crippen LogP contribution in [0.1, 0.15) is 16.7 Å². The monoisotopic (exact) mass is 141 g/mol. The van der Waals surface area contributed by atoms with Crippen LogP contribution in [0.4, 0.5) is 0 Å². The van der Waals surface area contributed by atoms with Crippen LogP contribution >= 0.6 is 0 Å². The fraction of sp³-hybridized carbons (Fsp3) is 0.100. The number of benzene rings is 1. The molecule has 0 atom stereocenters. The van der Waals surface area contributed by atoms with Crippen LogP contribution in [0.15, 0.2) is 18.2 Å². The van der Waals surface area contributed by atoms with Gasteiger partial charge in [0, 0.05) is 5.56 Å². The van der Waals surface area contributed by atoms with Crippen LogP contribution in [0.25, 0.3) is 0 Å². The Balaban J connectivity index is 3.42. The molecular weight excluding hydrogens is 134 g/mol. The van der Waals surface area contributed by atoms with Crippen LogP contribution < -0.4 is 0 Å². The van der Waals surface area contributed by atoms with Gasteiger partial charge in [-0.15, -0.1) is 6.42 Å². The Morgan fingerprint density at radius 3 is 2.64 bits per heavy atom. The van der Waals surface area contributed by atoms with Crippen LogP contribution in [0.3, 0.4) is 0 Å². The number of hydrogen-bond donors (Lipinski definition) is 0. The Morgan fingerprint density at radius 2 is 2.18 bits per heavy atom. The van der Waals surface area contributed by atoms with E-state index < -0.39 is 0 Å². The number of terminal acetylenes is 1. The summed E-state index contributed by atoms with van der Waals surface area (Å²) in [5.74, 6) is 2.49. The number of nitriles is 1. The van der Waals surface area contributed by atoms with Crippen molar-refractivity contribution < 1.29 is 0 Å². The highest BCUT2D eigenvalue weighted by Crippen LogP contribution is 2.10. The van der Waals surface area contributed by atoms with Gasteiger partial charge in [0.05, 0.1) is 5.56 Å². The van der Waals surface area contributed by atoms with Crippen LogP contribution in [-0.4, -0.2) is 0 Å². The van der Waals surface area contributed by atoms with Crippen molar-refractivity contribution in [2.24, 2.45) is 0 Å². The lowest BCUT2D eigenvalue weighted by atomic mass is 10.0. The summed E-state index contributed by atoms with van der Waals surface area (Å²) in [5.41, 5.74) is 2.26. The third-order valence-corrected chi connectivity index (χ3v) is 1.54. The first-order chi connectivity index (χ1) is 5.29. The molecule has 1 aromatic rings. The van der Waals surface area contributed by atoms with Crippen molar-refractivity contribution >= 4 is 0 Å². The van der Waals surface area contributed by atoms with E-state index in [1.807, 2.05) is 25.1 Å². The Hall–Kier alpha value is -1.73. The maximum Gasteiger partial charge on any atom is 0.100 e. The second-order valence-electron chi connectivity index (χ2n) is 2.25. The van der Waals surface area contributed by atoms with E-state index in [2.05, 4.69) is 5.92 Å². The third-order valence-electron chi connectivity index (χ3n) is 1.54. The highest BCUT2D eigenvalue weighted by atomic mass is 14.2. The van der Waals surface area contributed by atoms with Gasteiger partial charge in [-0.2, -0.15) is 5.26 Å². The molecule has 1 nitrogen and oxygen atoms in total. The Labute approximate surface area is 66.3 Å². The average Bonchev–Trinajstić information content (AvgIpc) is 2.04. The summed E-state index contributed by atoms with van der Waals surface area (Å²) in [6, 6.07) is 7.50. The summed E-state index contributed by atoms with van der Waals surface area (Å²) >= 11 is 0. The van der Waals surface area contributed by atoms with Gasteiger partial charge in [0.2, 0.25) is 0 Å². The van der Waals surface area contributed by atoms with E-state index in [0.717, 1.165) is 5.56 Å². The molecule has 0 aliphatic heterocycles. The normalized spacial score (nSPS) is 8.27. The maximum absolute atomic E-state index is 8.63. The lowest BCUT2D eigenvalue weighted by Gasteiger charge is -1.97. The smallest absolute Gasteiger partial charge is 0.100 e. The SMILES string of the molecule is C#Cc1c(C)cccc1C#N. The standard InChI is InChI=1S/C10H7N/c1-3-10-8(2)5-4-6-9(10)7-11/h1,4-6H,2H3. The molecule has 0 bridgehead atoms. The zero-order chi connectivity index (χ0) is 8.27. The van der Waals surface area contributed by atoms with Gasteiger partial charge >= 0.3 is 0 Å². The lowest BCUT2D eigenvalue weighted by molar-refractivity contribution is 1.39. The Kier molecular flexibility index (Phi) is 1.95. The second kappa shape index (κ2) is 2.90. The van der Waals surface area contributed by atoms with Gasteiger partial charge in [-0.25, -0.2) is 0 Å². The van der Waals surface area contributed by atoms with Gasteiger partial charge in [0.25, 0.3) is 0 Å². The van der Waals surface area contributed by atoms with Crippen LogP contribution in [0, 0.1) is 30.6 Å². The van der Waals surface area contributed by atoms with E-state index in [1.54, 1.807) is 6.07 Å². The molecular formula is C10H7N. The van der Waals surface area contributed by atoms with E-state index in [0.29, 0.717) is 11.1 Å². The molecule has 0 unspecified atom stereocenters. The first kappa shape index (κ1) is 7.38. The second-order valence-corrected chi connectivity index (χ2v) is 2.25. The molecule has 0 aliphatic rings. The van der Waals surface area contributed by atoms with Gasteiger partial charge < -0.3 is 0 Å². The number of hydrogen-bond acceptors (Lipinski definition) is 1. The minimum atomic E-state index is 0.576. The number of aryl methyl sites for hydroxylation is 1. The van der Waals surface area contributed by atoms with Gasteiger partial charge in [-0.3, -0.25) is 0 Å². The summed E-state index contributed by atoms with van der Waals surface area (Å²) in [4.78, 5) is 0. The molecule has 0 radical (unpaired) electrons. The topological polar surface area (TPSA) is 23.8 Å². The molecule has 52 valence electrons. The third kappa shape index (κ3) is 1.23. The molecule has 0 aromatic heterocycles. The van der Waals surface area contributed by atoms with Gasteiger partial charge in [0.1, 0.15) is 6.07 Å². The molecule has 0 heterocycles. The highest BCUT2D eigenvalue weighted by Gasteiger charge is 1.99. The van der Waals surface area contributed by atoms with E-state index in [9.17, 15) is 0 Å². The molecule has 0 fully saturated rings. The molecule has 0 aliphatic carbocycles. The molecule has 0 saturated heterocycles. The lowest BCUT2D eigenvalue weighted by Crippen LogP contribution is -1.86. The summed E-state index contributed by atoms with van der Waals surface area (Å²) in [7, 11) is 0. The van der Waals surface area contributed by atoms with Crippen molar-refractivity contribution in [3.8, 4) is 18.4 Å². The molecule has 0 saturated carbocycles. The number of nitrogens with zero attached hydrogens (tertiary/aromatic N) is 1. The van der Waals surface area contributed by atoms with E-state index in [4.69, 9.17) is 11.7 Å². The Morgan fingerprint density at radius 1 is 1.45 bits per heavy atom. The zero-order valence-corrected chi connectivity index (χ0v) is 6.26. The fourth-order valence-electron chi connectivity index (χ4n) is 0.953. The van der Waals surface area contributed by atoms with Gasteiger partial charge in [0.15, 0.2) is 0 Å². The van der Waals surface area contributed by atoms with Crippen LogP contribution in [-0.2, 0) is 0 Å². The largest absolute Gasteiger partial charge is 0.192 e. The molecule has 1 heteroatoms. The molecule has 0 N–H and O–H groups in total. The first-order valence-corrected chi connectivity index (χ1v) is 3.26. The van der Waals surface area contributed by atoms with Crippen molar-refractivity contribution in [1.29, 1.82) is 5.26 Å². The van der Waals surface area contributed by atoms with Gasteiger partial charge in [-0.05, 0) is 18.6 Å². The zero-order valence-electron chi connectivity index (χ0n) is 6.26. The van der Waals surface area contributed by atoms with Crippen LogP contribution in [0.5, 0.6) is 0 Å². The molecule has 11 heavy (non-hydrogen) atoms. The Bertz CT molecular complexity index is 350. The molecule has 1 rings (SSSR count). The summed E-state index contributed by atoms with van der Waals surface area (Å²) < 4.78 is 0. The molecule has 1 aromatic carbocycles. The molecule has 0 spiro atoms. The summed E-state index contributed by atoms with van der Waals surface area (Å²) in [5, 5.41) is 8.63. The fourth-order valence-corrected chi connectivity index (χ4v) is 0.953. The maximum atomic E-state index is 8.63. The predicted octanol–water partition coefficient (Wildman–Crippen LogP) is 1.85. The highest BCUT2D eigenvalue weighted by molar-refractivity contribution is 5.51. The van der Waals surface area contributed by atoms with Crippen molar-refractivity contribution in [1.82, 2.24) is 0 Å². The predicted molar refractivity (Wildman–Crippen MR) is 43.8 cm³/mol. The minimum Gasteiger partial charge on any atom is -0.192 e. The van der Waals surface area contributed by atoms with E-state index in [1.165, 1.54) is 0 Å². The minimum absolute atomic E-state index is 0.576. The van der Waals surface area contributed by atoms with E-state index in [-0.39, 0.29) is 0 Å². The number of rotatable bonds is 0. The van der Waals surface area contributed by atoms with Crippen molar-refractivity contribution in [2.45, 2.75) is 6.92 Å². The van der Waals surface area contributed by atoms with Crippen LogP contribution in [0.2, 0.25) is 0 Å². The average molecular weight is 141 g/mol. The summed E-state index contributed by atoms with van der Waals surface area (Å²) in [6.45, 7) is 1.90. The van der Waals surface area contributed by atoms with Crippen molar-refractivity contribution in [3.63, 3.8) is 0 Å². The quantitative estimate of drug-likeness (QED) is 0.506. The summed E-state index contributed by atoms with van der Waals surface area (Å²) in [6.07, 6.45) is 5.23. The van der Waals surface area contributed by atoms with Crippen molar-refractivity contribution in [2.75, 3.05) is 0 Å². The van der Waals surface area contributed by atoms with E-state index >= 15 is 0 Å². The van der Waals surface area contributed by atoms with Gasteiger partial charge in [-0.1, -0.05) is 18.1 Å². The van der Waals surface area contributed by atoms with Crippen molar-refractivity contribution in [3.05, 3.63) is 34.9 Å². The first-order valence-electron chi connectivity index (χ1n) is 3.26.